The molecule has 16 heavy (non-hydrogen) atoms. The predicted molar refractivity (Wildman–Crippen MR) is 68.4 cm³/mol. The van der Waals surface area contributed by atoms with Crippen LogP contribution in [0.3, 0.4) is 0 Å². The molecule has 2 N–H and O–H groups in total. The molecular weight excluding hydrogens is 196 g/mol. The van der Waals surface area contributed by atoms with E-state index in [9.17, 15) is 0 Å². The van der Waals surface area contributed by atoms with E-state index < -0.39 is 0 Å². The number of hydrogen-bond donors (Lipinski definition) is 1. The fraction of sp³-hybridized carbons (Fsp3) is 0.500. The molecule has 2 nitrogen and oxygen atoms in total. The van der Waals surface area contributed by atoms with Crippen LogP contribution in [-0.2, 0) is 0 Å². The molecule has 1 aliphatic rings. The van der Waals surface area contributed by atoms with Gasteiger partial charge in [-0.05, 0) is 18.4 Å². The van der Waals surface area contributed by atoms with E-state index in [1.165, 1.54) is 44.1 Å². The van der Waals surface area contributed by atoms with Crippen LogP contribution in [0.25, 0.3) is 0 Å². The highest BCUT2D eigenvalue weighted by Gasteiger charge is 2.19. The minimum atomic E-state index is 0.565. The molecule has 0 radical (unpaired) electrons. The van der Waals surface area contributed by atoms with E-state index in [1.807, 2.05) is 6.07 Å². The number of nitrogens with zero attached hydrogens (tertiary/aromatic N) is 1. The molecule has 86 valence electrons. The summed E-state index contributed by atoms with van der Waals surface area (Å²) in [4.78, 5) is 0. The third-order valence-corrected chi connectivity index (χ3v) is 3.45. The van der Waals surface area contributed by atoms with Gasteiger partial charge in [-0.25, -0.2) is 0 Å². The van der Waals surface area contributed by atoms with Crippen LogP contribution in [0.1, 0.15) is 44.1 Å². The SMILES string of the molecule is N/N=C(\c1ccccc1)C1CCCCCC1. The normalized spacial score (nSPS) is 19.4. The predicted octanol–water partition coefficient (Wildman–Crippen LogP) is 3.32. The number of hydrogen-bond acceptors (Lipinski definition) is 2. The smallest absolute Gasteiger partial charge is 0.0703 e. The van der Waals surface area contributed by atoms with Gasteiger partial charge < -0.3 is 5.84 Å². The molecule has 2 rings (SSSR count). The molecule has 1 fully saturated rings. The van der Waals surface area contributed by atoms with Crippen LogP contribution >= 0.6 is 0 Å². The molecule has 1 aromatic carbocycles. The van der Waals surface area contributed by atoms with Gasteiger partial charge in [-0.2, -0.15) is 5.10 Å². The number of hydrazone groups is 1. The minimum Gasteiger partial charge on any atom is -0.323 e. The molecule has 1 aliphatic carbocycles. The molecule has 1 aromatic rings. The van der Waals surface area contributed by atoms with Crippen molar-refractivity contribution in [3.8, 4) is 0 Å². The first-order valence-corrected chi connectivity index (χ1v) is 6.25. The van der Waals surface area contributed by atoms with Gasteiger partial charge >= 0.3 is 0 Å². The summed E-state index contributed by atoms with van der Waals surface area (Å²) < 4.78 is 0. The van der Waals surface area contributed by atoms with E-state index in [0.717, 1.165) is 5.71 Å². The standard InChI is InChI=1S/C14H20N2/c15-16-14(13-10-6-3-7-11-13)12-8-4-1-2-5-9-12/h3,6-7,10-12H,1-2,4-5,8-9,15H2/b16-14-. The van der Waals surface area contributed by atoms with Gasteiger partial charge in [0.25, 0.3) is 0 Å². The van der Waals surface area contributed by atoms with Gasteiger partial charge in [-0.15, -0.1) is 0 Å². The third-order valence-electron chi connectivity index (χ3n) is 3.45. The van der Waals surface area contributed by atoms with Crippen molar-refractivity contribution in [2.24, 2.45) is 16.9 Å². The van der Waals surface area contributed by atoms with Crippen molar-refractivity contribution in [2.45, 2.75) is 38.5 Å². The fourth-order valence-electron chi connectivity index (χ4n) is 2.58. The maximum atomic E-state index is 5.57. The van der Waals surface area contributed by atoms with Gasteiger partial charge in [0.05, 0.1) is 5.71 Å². The average Bonchev–Trinajstić information content (AvgIpc) is 2.61. The maximum Gasteiger partial charge on any atom is 0.0703 e. The first-order valence-electron chi connectivity index (χ1n) is 6.25. The summed E-state index contributed by atoms with van der Waals surface area (Å²) in [6.45, 7) is 0. The lowest BCUT2D eigenvalue weighted by molar-refractivity contribution is 0.590. The fourth-order valence-corrected chi connectivity index (χ4v) is 2.58. The van der Waals surface area contributed by atoms with Crippen LogP contribution in [0.5, 0.6) is 0 Å². The minimum absolute atomic E-state index is 0.565. The first kappa shape index (κ1) is 11.2. The molecule has 0 saturated heterocycles. The van der Waals surface area contributed by atoms with Crippen molar-refractivity contribution in [2.75, 3.05) is 0 Å². The summed E-state index contributed by atoms with van der Waals surface area (Å²) in [7, 11) is 0. The van der Waals surface area contributed by atoms with E-state index in [1.54, 1.807) is 0 Å². The number of rotatable bonds is 2. The first-order chi connectivity index (χ1) is 7.92. The molecule has 1 saturated carbocycles. The van der Waals surface area contributed by atoms with Gasteiger partial charge in [0, 0.05) is 5.92 Å². The topological polar surface area (TPSA) is 38.4 Å². The summed E-state index contributed by atoms with van der Waals surface area (Å²) in [6.07, 6.45) is 7.84. The number of nitrogens with two attached hydrogens (primary N) is 1. The molecule has 0 aliphatic heterocycles. The zero-order valence-corrected chi connectivity index (χ0v) is 9.73. The molecule has 0 spiro atoms. The average molecular weight is 216 g/mol. The lowest BCUT2D eigenvalue weighted by Crippen LogP contribution is -2.17. The summed E-state index contributed by atoms with van der Waals surface area (Å²) in [5.74, 6) is 6.14. The van der Waals surface area contributed by atoms with Crippen LogP contribution < -0.4 is 5.84 Å². The zero-order chi connectivity index (χ0) is 11.2. The van der Waals surface area contributed by atoms with E-state index in [2.05, 4.69) is 29.4 Å². The summed E-state index contributed by atoms with van der Waals surface area (Å²) in [5.41, 5.74) is 2.29. The van der Waals surface area contributed by atoms with Gasteiger partial charge in [-0.3, -0.25) is 0 Å². The lowest BCUT2D eigenvalue weighted by Gasteiger charge is -2.16. The van der Waals surface area contributed by atoms with Gasteiger partial charge in [0.1, 0.15) is 0 Å². The Morgan fingerprint density at radius 3 is 2.19 bits per heavy atom. The van der Waals surface area contributed by atoms with Crippen LogP contribution in [0.15, 0.2) is 35.4 Å². The van der Waals surface area contributed by atoms with Crippen LogP contribution in [-0.4, -0.2) is 5.71 Å². The van der Waals surface area contributed by atoms with E-state index >= 15 is 0 Å². The molecule has 0 atom stereocenters. The van der Waals surface area contributed by atoms with E-state index in [4.69, 9.17) is 5.84 Å². The molecule has 0 bridgehead atoms. The highest BCUT2D eigenvalue weighted by Crippen LogP contribution is 2.26. The van der Waals surface area contributed by atoms with Crippen molar-refractivity contribution in [1.29, 1.82) is 0 Å². The summed E-state index contributed by atoms with van der Waals surface area (Å²) >= 11 is 0. The van der Waals surface area contributed by atoms with Crippen molar-refractivity contribution in [3.05, 3.63) is 35.9 Å². The maximum absolute atomic E-state index is 5.57. The van der Waals surface area contributed by atoms with Gasteiger partial charge in [-0.1, -0.05) is 56.0 Å². The van der Waals surface area contributed by atoms with Crippen molar-refractivity contribution < 1.29 is 0 Å². The lowest BCUT2D eigenvalue weighted by atomic mass is 9.90. The molecule has 0 aromatic heterocycles. The number of benzene rings is 1. The molecule has 2 heteroatoms. The quantitative estimate of drug-likeness (QED) is 0.350. The Bertz CT molecular complexity index is 335. The molecule has 0 amide bonds. The largest absolute Gasteiger partial charge is 0.323 e. The van der Waals surface area contributed by atoms with Crippen LogP contribution in [0, 0.1) is 5.92 Å². The van der Waals surface area contributed by atoms with Gasteiger partial charge in [0.15, 0.2) is 0 Å². The van der Waals surface area contributed by atoms with Crippen molar-refractivity contribution in [1.82, 2.24) is 0 Å². The second-order valence-electron chi connectivity index (χ2n) is 4.57. The van der Waals surface area contributed by atoms with Crippen molar-refractivity contribution >= 4 is 5.71 Å². The Morgan fingerprint density at radius 2 is 1.62 bits per heavy atom. The van der Waals surface area contributed by atoms with Crippen LogP contribution in [0.4, 0.5) is 0 Å². The van der Waals surface area contributed by atoms with E-state index in [0.29, 0.717) is 5.92 Å². The van der Waals surface area contributed by atoms with E-state index in [-0.39, 0.29) is 0 Å². The Balaban J connectivity index is 2.16. The Kier molecular flexibility index (Phi) is 3.97. The second-order valence-corrected chi connectivity index (χ2v) is 4.57. The monoisotopic (exact) mass is 216 g/mol. The Labute approximate surface area is 97.6 Å². The highest BCUT2D eigenvalue weighted by atomic mass is 15.1. The third kappa shape index (κ3) is 2.63. The highest BCUT2D eigenvalue weighted by molar-refractivity contribution is 6.02. The van der Waals surface area contributed by atoms with Crippen LogP contribution in [0.2, 0.25) is 0 Å². The molecule has 0 heterocycles. The molecule has 0 unspecified atom stereocenters. The summed E-state index contributed by atoms with van der Waals surface area (Å²) in [6, 6.07) is 10.4. The second kappa shape index (κ2) is 5.69. The zero-order valence-electron chi connectivity index (χ0n) is 9.73. The van der Waals surface area contributed by atoms with Gasteiger partial charge in [0.2, 0.25) is 0 Å². The Hall–Kier alpha value is -1.31. The molecular formula is C14H20N2. The Morgan fingerprint density at radius 1 is 1.00 bits per heavy atom. The summed E-state index contributed by atoms with van der Waals surface area (Å²) in [5, 5.41) is 4.04. The van der Waals surface area contributed by atoms with Crippen molar-refractivity contribution in [3.63, 3.8) is 0 Å².